The van der Waals surface area contributed by atoms with Crippen LogP contribution < -0.4 is 0 Å². The molecule has 1 N–H and O–H groups in total. The molecule has 4 aromatic heterocycles. The topological polar surface area (TPSA) is 110 Å². The number of carbonyl (C=O) groups is 2. The molecule has 328 valence electrons. The van der Waals surface area contributed by atoms with Crippen LogP contribution in [0.1, 0.15) is 97.0 Å². The van der Waals surface area contributed by atoms with Crippen molar-refractivity contribution in [2.45, 2.75) is 95.4 Å². The van der Waals surface area contributed by atoms with Gasteiger partial charge in [0, 0.05) is 58.1 Å². The fourth-order valence-corrected chi connectivity index (χ4v) is 5.42. The molecule has 0 spiro atoms. The van der Waals surface area contributed by atoms with Gasteiger partial charge in [0.15, 0.2) is 0 Å². The fourth-order valence-electron chi connectivity index (χ4n) is 5.42. The number of aromatic nitrogens is 6. The number of hydrogen-bond acceptors (Lipinski definition) is 7. The SMILES string of the molecule is C.CC(C)(C)C(=O)Cl.CC(C)(C)C(=O)n1nc(-c2cccnc2)cc1CCc1ccc(F)cc1.CCN(CC)CC.Fc1ccc(CCc2cc(-c3cccnc3)n[nH]2)cc1. The van der Waals surface area contributed by atoms with Gasteiger partial charge in [0.2, 0.25) is 5.24 Å². The normalized spacial score (nSPS) is 10.9. The highest BCUT2D eigenvalue weighted by atomic mass is 35.5. The summed E-state index contributed by atoms with van der Waals surface area (Å²) in [5.41, 5.74) is 6.62. The lowest BCUT2D eigenvalue weighted by atomic mass is 9.95. The standard InChI is InChI=1S/C21H22FN3O.C16H14FN3.C6H15N.C5H9ClO.CH4/c1-21(2,3)20(26)25-18(11-8-15-6-9-17(22)10-7-15)13-19(24-25)16-5-4-12-23-14-16;17-14-6-3-12(4-7-14)5-8-15-10-16(20-19-15)13-2-1-9-18-11-13;1-4-7(5-2)6-3;1-5(2,3)4(6)7;/h4-7,9-10,12-14H,8,11H2,1-3H3;1-4,6-7,9-11H,5,8H2,(H,19,20);4-6H2,1-3H3;1-3H3;1H4. The van der Waals surface area contributed by atoms with E-state index < -0.39 is 5.41 Å². The van der Waals surface area contributed by atoms with Crippen LogP contribution in [-0.2, 0) is 30.5 Å². The van der Waals surface area contributed by atoms with Gasteiger partial charge in [0.05, 0.1) is 11.4 Å². The van der Waals surface area contributed by atoms with E-state index in [1.54, 1.807) is 57.7 Å². The molecule has 0 bridgehead atoms. The number of rotatable bonds is 11. The van der Waals surface area contributed by atoms with Gasteiger partial charge in [-0.2, -0.15) is 10.2 Å². The summed E-state index contributed by atoms with van der Waals surface area (Å²) in [6.07, 6.45) is 10.0. The van der Waals surface area contributed by atoms with Crippen molar-refractivity contribution in [3.8, 4) is 22.5 Å². The van der Waals surface area contributed by atoms with E-state index in [0.29, 0.717) is 12.8 Å². The van der Waals surface area contributed by atoms with Crippen LogP contribution >= 0.6 is 11.6 Å². The van der Waals surface area contributed by atoms with Crippen LogP contribution in [0, 0.1) is 22.5 Å². The maximum Gasteiger partial charge on any atom is 0.252 e. The average molecular weight is 857 g/mol. The summed E-state index contributed by atoms with van der Waals surface area (Å²) >= 11 is 5.11. The number of benzene rings is 2. The van der Waals surface area contributed by atoms with E-state index in [9.17, 15) is 18.4 Å². The number of pyridine rings is 2. The van der Waals surface area contributed by atoms with Gasteiger partial charge in [-0.1, -0.05) is 94.0 Å². The van der Waals surface area contributed by atoms with Gasteiger partial charge in [0.1, 0.15) is 11.6 Å². The van der Waals surface area contributed by atoms with Gasteiger partial charge >= 0.3 is 0 Å². The van der Waals surface area contributed by atoms with Crippen LogP contribution in [0.2, 0.25) is 0 Å². The van der Waals surface area contributed by atoms with E-state index in [1.807, 2.05) is 69.3 Å². The van der Waals surface area contributed by atoms with Crippen molar-refractivity contribution in [2.75, 3.05) is 19.6 Å². The third-order valence-electron chi connectivity index (χ3n) is 9.27. The monoisotopic (exact) mass is 855 g/mol. The van der Waals surface area contributed by atoms with Crippen molar-refractivity contribution in [1.82, 2.24) is 34.8 Å². The summed E-state index contributed by atoms with van der Waals surface area (Å²) < 4.78 is 27.4. The maximum absolute atomic E-state index is 13.1. The molecule has 0 saturated heterocycles. The molecule has 0 atom stereocenters. The molecule has 0 unspecified atom stereocenters. The van der Waals surface area contributed by atoms with Crippen LogP contribution in [0.3, 0.4) is 0 Å². The molecular weight excluding hydrogens is 792 g/mol. The predicted octanol–water partition coefficient (Wildman–Crippen LogP) is 11.7. The van der Waals surface area contributed by atoms with Crippen molar-refractivity contribution in [3.63, 3.8) is 0 Å². The number of nitrogens with zero attached hydrogens (tertiary/aromatic N) is 6. The first kappa shape index (κ1) is 51.8. The van der Waals surface area contributed by atoms with E-state index in [-0.39, 0.29) is 35.6 Å². The van der Waals surface area contributed by atoms with Crippen molar-refractivity contribution >= 4 is 22.8 Å². The van der Waals surface area contributed by atoms with E-state index in [4.69, 9.17) is 11.6 Å². The van der Waals surface area contributed by atoms with Crippen LogP contribution in [0.25, 0.3) is 22.5 Å². The van der Waals surface area contributed by atoms with Crippen molar-refractivity contribution in [2.24, 2.45) is 10.8 Å². The Labute approximate surface area is 367 Å². The highest BCUT2D eigenvalue weighted by Crippen LogP contribution is 2.24. The smallest absolute Gasteiger partial charge is 0.252 e. The maximum atomic E-state index is 13.1. The number of halogens is 3. The molecule has 0 amide bonds. The quantitative estimate of drug-likeness (QED) is 0.129. The Hall–Kier alpha value is -5.39. The van der Waals surface area contributed by atoms with Crippen molar-refractivity contribution in [1.29, 1.82) is 0 Å². The van der Waals surface area contributed by atoms with Gasteiger partial charge in [-0.05, 0) is 129 Å². The molecule has 0 aliphatic heterocycles. The highest BCUT2D eigenvalue weighted by molar-refractivity contribution is 6.64. The molecule has 0 radical (unpaired) electrons. The Morgan fingerprint density at radius 1 is 0.672 bits per heavy atom. The second kappa shape index (κ2) is 25.4. The Kier molecular flexibility index (Phi) is 21.5. The zero-order valence-electron chi connectivity index (χ0n) is 36.5. The van der Waals surface area contributed by atoms with Gasteiger partial charge in [-0.3, -0.25) is 24.7 Å². The molecule has 0 aliphatic rings. The number of aryl methyl sites for hydroxylation is 4. The van der Waals surface area contributed by atoms with E-state index in [1.165, 1.54) is 48.6 Å². The summed E-state index contributed by atoms with van der Waals surface area (Å²) in [4.78, 5) is 33.6. The summed E-state index contributed by atoms with van der Waals surface area (Å²) in [6.45, 7) is 21.1. The number of carbonyl (C=O) groups excluding carboxylic acids is 2. The number of hydrogen-bond donors (Lipinski definition) is 1. The predicted molar refractivity (Wildman–Crippen MR) is 245 cm³/mol. The Morgan fingerprint density at radius 3 is 1.52 bits per heavy atom. The van der Waals surface area contributed by atoms with Gasteiger partial charge in [-0.25, -0.2) is 13.5 Å². The van der Waals surface area contributed by atoms with Crippen LogP contribution in [0.5, 0.6) is 0 Å². The first-order valence-electron chi connectivity index (χ1n) is 20.3. The largest absolute Gasteiger partial charge is 0.304 e. The molecule has 4 heterocycles. The first-order valence-corrected chi connectivity index (χ1v) is 20.7. The third-order valence-corrected chi connectivity index (χ3v) is 9.84. The zero-order valence-corrected chi connectivity index (χ0v) is 37.2. The van der Waals surface area contributed by atoms with Gasteiger partial charge in [0.25, 0.3) is 5.91 Å². The molecule has 0 fully saturated rings. The summed E-state index contributed by atoms with van der Waals surface area (Å²) in [6, 6.07) is 24.6. The molecule has 2 aromatic carbocycles. The lowest BCUT2D eigenvalue weighted by Gasteiger charge is -2.17. The van der Waals surface area contributed by atoms with Crippen LogP contribution in [0.15, 0.2) is 110 Å². The minimum absolute atomic E-state index is 0. The van der Waals surface area contributed by atoms with E-state index in [2.05, 4.69) is 50.9 Å². The lowest BCUT2D eigenvalue weighted by Crippen LogP contribution is -2.29. The first-order chi connectivity index (χ1) is 28.4. The second-order valence-electron chi connectivity index (χ2n) is 16.1. The molecular formula is C49H64ClF2N7O2. The Bertz CT molecular complexity index is 2150. The average Bonchev–Trinajstić information content (AvgIpc) is 3.89. The molecule has 12 heteroatoms. The summed E-state index contributed by atoms with van der Waals surface area (Å²) in [5, 5.41) is 11.6. The van der Waals surface area contributed by atoms with Gasteiger partial charge < -0.3 is 4.90 Å². The zero-order chi connectivity index (χ0) is 44.3. The fraction of sp³-hybridized carbons (Fsp3) is 0.388. The molecule has 61 heavy (non-hydrogen) atoms. The molecule has 0 aliphatic carbocycles. The Morgan fingerprint density at radius 2 is 1.13 bits per heavy atom. The Balaban J connectivity index is 0.000000322. The van der Waals surface area contributed by atoms with Crippen molar-refractivity contribution < 1.29 is 18.4 Å². The van der Waals surface area contributed by atoms with Crippen molar-refractivity contribution in [3.05, 3.63) is 144 Å². The second-order valence-corrected chi connectivity index (χ2v) is 16.5. The van der Waals surface area contributed by atoms with E-state index in [0.717, 1.165) is 57.9 Å². The minimum Gasteiger partial charge on any atom is -0.304 e. The lowest BCUT2D eigenvalue weighted by molar-refractivity contribution is -0.118. The number of H-pyrrole nitrogens is 1. The van der Waals surface area contributed by atoms with Crippen LogP contribution in [-0.4, -0.2) is 65.6 Å². The molecule has 6 rings (SSSR count). The van der Waals surface area contributed by atoms with Gasteiger partial charge in [-0.15, -0.1) is 0 Å². The molecule has 0 saturated carbocycles. The summed E-state index contributed by atoms with van der Waals surface area (Å²) in [7, 11) is 0. The number of aromatic amines is 1. The summed E-state index contributed by atoms with van der Waals surface area (Å²) in [5.74, 6) is -0.503. The molecule has 6 aromatic rings. The molecule has 9 nitrogen and oxygen atoms in total. The van der Waals surface area contributed by atoms with E-state index >= 15 is 0 Å². The number of nitrogens with one attached hydrogen (secondary N) is 1. The minimum atomic E-state index is -0.539. The third kappa shape index (κ3) is 18.0. The van der Waals surface area contributed by atoms with Crippen LogP contribution in [0.4, 0.5) is 8.78 Å². The highest BCUT2D eigenvalue weighted by Gasteiger charge is 2.27.